The molecular weight excluding hydrogens is 484 g/mol. The van der Waals surface area contributed by atoms with Gasteiger partial charge in [0.15, 0.2) is 5.65 Å². The third-order valence-electron chi connectivity index (χ3n) is 6.43. The van der Waals surface area contributed by atoms with E-state index >= 15 is 0 Å². The highest BCUT2D eigenvalue weighted by molar-refractivity contribution is 7.89. The van der Waals surface area contributed by atoms with Crippen molar-refractivity contribution >= 4 is 27.0 Å². The largest absolute Gasteiger partial charge is 0.394 e. The van der Waals surface area contributed by atoms with E-state index in [4.69, 9.17) is 15.2 Å². The number of anilines is 1. The zero-order valence-electron chi connectivity index (χ0n) is 20.3. The molecule has 0 bridgehead atoms. The summed E-state index contributed by atoms with van der Waals surface area (Å²) in [7, 11) is -3.84. The van der Waals surface area contributed by atoms with Crippen LogP contribution in [0.2, 0.25) is 0 Å². The van der Waals surface area contributed by atoms with E-state index in [-0.39, 0.29) is 23.6 Å². The van der Waals surface area contributed by atoms with Crippen molar-refractivity contribution in [3.63, 3.8) is 0 Å². The number of aliphatic hydroxyl groups is 3. The minimum absolute atomic E-state index is 0.0417. The summed E-state index contributed by atoms with van der Waals surface area (Å²) in [6.45, 7) is 2.08. The number of aromatic nitrogens is 4. The molecule has 0 radical (unpaired) electrons. The molecular formula is C24H34N6O5S. The smallest absolute Gasteiger partial charge is 0.240 e. The maximum Gasteiger partial charge on any atom is 0.240 e. The van der Waals surface area contributed by atoms with Crippen LogP contribution in [-0.4, -0.2) is 75.4 Å². The maximum atomic E-state index is 12.5. The quantitative estimate of drug-likeness (QED) is 0.238. The van der Waals surface area contributed by atoms with Crippen LogP contribution in [0.4, 0.5) is 5.95 Å². The van der Waals surface area contributed by atoms with Crippen LogP contribution in [0.25, 0.3) is 22.3 Å². The van der Waals surface area contributed by atoms with E-state index in [1.807, 2.05) is 4.68 Å². The predicted octanol–water partition coefficient (Wildman–Crippen LogP) is 1.81. The number of unbranched alkanes of at least 4 members (excludes halogenated alkanes) is 1. The molecule has 1 aromatic carbocycles. The van der Waals surface area contributed by atoms with Crippen LogP contribution in [0.15, 0.2) is 35.4 Å². The molecule has 11 nitrogen and oxygen atoms in total. The van der Waals surface area contributed by atoms with Gasteiger partial charge in [-0.2, -0.15) is 10.1 Å². The number of hydrogen-bond acceptors (Lipinski definition) is 9. The van der Waals surface area contributed by atoms with Crippen LogP contribution < -0.4 is 10.0 Å². The fourth-order valence-electron chi connectivity index (χ4n) is 4.30. The molecule has 0 unspecified atom stereocenters. The van der Waals surface area contributed by atoms with E-state index in [2.05, 4.69) is 21.9 Å². The second kappa shape index (κ2) is 11.6. The third kappa shape index (κ3) is 6.01. The van der Waals surface area contributed by atoms with E-state index in [1.165, 1.54) is 12.1 Å². The van der Waals surface area contributed by atoms with E-state index < -0.39 is 22.7 Å². The summed E-state index contributed by atoms with van der Waals surface area (Å²) in [6, 6.07) is 6.42. The zero-order valence-corrected chi connectivity index (χ0v) is 21.2. The van der Waals surface area contributed by atoms with Crippen molar-refractivity contribution in [3.05, 3.63) is 30.5 Å². The highest BCUT2D eigenvalue weighted by Gasteiger charge is 2.26. The van der Waals surface area contributed by atoms with Crippen molar-refractivity contribution in [1.29, 1.82) is 0 Å². The Morgan fingerprint density at radius 3 is 2.56 bits per heavy atom. The molecule has 0 amide bonds. The summed E-state index contributed by atoms with van der Waals surface area (Å²) in [5.74, 6) is 0.539. The molecule has 3 aromatic rings. The minimum atomic E-state index is -3.84. The van der Waals surface area contributed by atoms with Crippen LogP contribution in [0.5, 0.6) is 0 Å². The number of sulfonamides is 1. The minimum Gasteiger partial charge on any atom is -0.394 e. The number of benzene rings is 1. The first-order valence-electron chi connectivity index (χ1n) is 12.4. The molecule has 1 saturated carbocycles. The fourth-order valence-corrected chi connectivity index (χ4v) is 5.37. The van der Waals surface area contributed by atoms with Crippen LogP contribution in [0.3, 0.4) is 0 Å². The molecule has 1 aliphatic carbocycles. The van der Waals surface area contributed by atoms with Gasteiger partial charge in [-0.15, -0.1) is 0 Å². The number of hydrogen-bond donors (Lipinski definition) is 5. The Balaban J connectivity index is 1.66. The number of nitrogens with zero attached hydrogens (tertiary/aromatic N) is 4. The molecule has 2 aromatic heterocycles. The lowest BCUT2D eigenvalue weighted by Gasteiger charge is -2.25. The monoisotopic (exact) mass is 518 g/mol. The Kier molecular flexibility index (Phi) is 8.52. The van der Waals surface area contributed by atoms with Crippen molar-refractivity contribution in [2.45, 2.75) is 68.6 Å². The molecule has 5 N–H and O–H groups in total. The molecule has 4 rings (SSSR count). The van der Waals surface area contributed by atoms with Crippen LogP contribution in [0, 0.1) is 0 Å². The normalized spacial score (nSPS) is 19.4. The first-order valence-corrected chi connectivity index (χ1v) is 13.9. The van der Waals surface area contributed by atoms with Crippen molar-refractivity contribution < 1.29 is 23.7 Å². The molecule has 0 aliphatic heterocycles. The Hall–Kier alpha value is -2.64. The number of nitrogens with one attached hydrogen (secondary N) is 2. The van der Waals surface area contributed by atoms with E-state index in [0.29, 0.717) is 30.1 Å². The molecule has 196 valence electrons. The second-order valence-corrected chi connectivity index (χ2v) is 10.9. The molecule has 12 heteroatoms. The van der Waals surface area contributed by atoms with Gasteiger partial charge in [0.2, 0.25) is 16.0 Å². The van der Waals surface area contributed by atoms with Crippen LogP contribution in [0.1, 0.15) is 51.5 Å². The first-order chi connectivity index (χ1) is 17.3. The molecule has 0 spiro atoms. The van der Waals surface area contributed by atoms with Gasteiger partial charge >= 0.3 is 0 Å². The van der Waals surface area contributed by atoms with Gasteiger partial charge in [0, 0.05) is 24.8 Å². The van der Waals surface area contributed by atoms with Crippen molar-refractivity contribution in [2.75, 3.05) is 25.0 Å². The SMILES string of the molecule is CCCCNc1ncc2c(-c3ccc(S(=O)(=O)NC[C@@H](O)CO)cc3)nn(C3CCC(O)CC3)c2n1. The van der Waals surface area contributed by atoms with Crippen LogP contribution in [-0.2, 0) is 10.0 Å². The lowest BCUT2D eigenvalue weighted by Crippen LogP contribution is -2.33. The van der Waals surface area contributed by atoms with E-state index in [9.17, 15) is 18.6 Å². The summed E-state index contributed by atoms with van der Waals surface area (Å²) < 4.78 is 29.3. The van der Waals surface area contributed by atoms with E-state index in [1.54, 1.807) is 18.3 Å². The van der Waals surface area contributed by atoms with Gasteiger partial charge in [-0.3, -0.25) is 0 Å². The standard InChI is InChI=1S/C24H34N6O5S/c1-2-3-12-25-24-26-14-21-22(29-30(23(21)28-24)17-6-8-18(32)9-7-17)16-4-10-20(11-5-16)36(34,35)27-13-19(33)15-31/h4-5,10-11,14,17-19,27,31-33H,2-3,6-9,12-13,15H2,1H3,(H,25,26,28)/t17?,18?,19-/m1/s1. The van der Waals surface area contributed by atoms with Gasteiger partial charge in [0.05, 0.1) is 35.1 Å². The summed E-state index contributed by atoms with van der Waals surface area (Å²) in [6.07, 6.45) is 5.36. The Morgan fingerprint density at radius 1 is 1.17 bits per heavy atom. The predicted molar refractivity (Wildman–Crippen MR) is 136 cm³/mol. The highest BCUT2D eigenvalue weighted by atomic mass is 32.2. The Morgan fingerprint density at radius 2 is 1.89 bits per heavy atom. The lowest BCUT2D eigenvalue weighted by molar-refractivity contribution is 0.0988. The van der Waals surface area contributed by atoms with Crippen molar-refractivity contribution in [3.8, 4) is 11.3 Å². The molecule has 36 heavy (non-hydrogen) atoms. The lowest BCUT2D eigenvalue weighted by atomic mass is 9.93. The number of rotatable bonds is 11. The summed E-state index contributed by atoms with van der Waals surface area (Å²) >= 11 is 0. The summed E-state index contributed by atoms with van der Waals surface area (Å²) in [5, 5.41) is 37.2. The fraction of sp³-hybridized carbons (Fsp3) is 0.542. The average Bonchev–Trinajstić information content (AvgIpc) is 3.27. The van der Waals surface area contributed by atoms with Gasteiger partial charge in [-0.25, -0.2) is 22.8 Å². The van der Waals surface area contributed by atoms with E-state index in [0.717, 1.165) is 43.2 Å². The molecule has 1 aliphatic rings. The van der Waals surface area contributed by atoms with Gasteiger partial charge in [0.1, 0.15) is 5.69 Å². The van der Waals surface area contributed by atoms with Gasteiger partial charge in [0.25, 0.3) is 0 Å². The zero-order chi connectivity index (χ0) is 25.7. The molecule has 2 heterocycles. The van der Waals surface area contributed by atoms with Crippen molar-refractivity contribution in [2.24, 2.45) is 0 Å². The third-order valence-corrected chi connectivity index (χ3v) is 7.87. The summed E-state index contributed by atoms with van der Waals surface area (Å²) in [4.78, 5) is 9.28. The molecule has 1 fully saturated rings. The first kappa shape index (κ1) is 26.4. The van der Waals surface area contributed by atoms with Crippen LogP contribution >= 0.6 is 0 Å². The second-order valence-electron chi connectivity index (χ2n) is 9.18. The van der Waals surface area contributed by atoms with Gasteiger partial charge in [-0.1, -0.05) is 25.5 Å². The average molecular weight is 519 g/mol. The Labute approximate surface area is 210 Å². The Bertz CT molecular complexity index is 1260. The van der Waals surface area contributed by atoms with Gasteiger partial charge in [-0.05, 0) is 44.2 Å². The number of fused-ring (bicyclic) bond motifs is 1. The van der Waals surface area contributed by atoms with Gasteiger partial charge < -0.3 is 20.6 Å². The highest BCUT2D eigenvalue weighted by Crippen LogP contribution is 2.34. The van der Waals surface area contributed by atoms with Crippen molar-refractivity contribution in [1.82, 2.24) is 24.5 Å². The maximum absolute atomic E-state index is 12.5. The molecule has 1 atom stereocenters. The number of aliphatic hydroxyl groups excluding tert-OH is 3. The topological polar surface area (TPSA) is 162 Å². The summed E-state index contributed by atoms with van der Waals surface area (Å²) in [5.41, 5.74) is 2.08. The molecule has 0 saturated heterocycles.